The fraction of sp³-hybridized carbons (Fsp3) is 0.250. The summed E-state index contributed by atoms with van der Waals surface area (Å²) in [6.45, 7) is 3.97. The number of carbonyl (C=O) groups is 1. The van der Waals surface area contributed by atoms with Crippen LogP contribution in [0.4, 0.5) is 10.1 Å². The van der Waals surface area contributed by atoms with Crippen LogP contribution in [0.15, 0.2) is 36.9 Å². The normalized spacial score (nSPS) is 16.8. The van der Waals surface area contributed by atoms with Gasteiger partial charge in [0.05, 0.1) is 35.9 Å². The first-order valence-corrected chi connectivity index (χ1v) is 9.50. The van der Waals surface area contributed by atoms with Crippen molar-refractivity contribution in [1.29, 1.82) is 5.26 Å². The number of rotatable bonds is 3. The predicted octanol–water partition coefficient (Wildman–Crippen LogP) is 2.12. The molecule has 0 radical (unpaired) electrons. The molecule has 31 heavy (non-hydrogen) atoms. The van der Waals surface area contributed by atoms with Gasteiger partial charge in [0, 0.05) is 23.2 Å². The van der Waals surface area contributed by atoms with Gasteiger partial charge in [0.25, 0.3) is 0 Å². The van der Waals surface area contributed by atoms with Crippen LogP contribution in [0.2, 0.25) is 0 Å². The average molecular weight is 417 g/mol. The molecule has 5 rings (SSSR count). The molecule has 4 aromatic heterocycles. The van der Waals surface area contributed by atoms with Crippen molar-refractivity contribution >= 4 is 17.2 Å². The standard InChI is InChI=1S/C20H16FN9O/c1-20(2)7-13(14-10-23-16-6-15(21)28-29(16)17(14)20)19(31)27-12-5-11(8-22)18(24-9-12)30-25-3-4-26-30/h3-6,9-10,13H,7H2,1-2H3,(H,27,31). The maximum absolute atomic E-state index is 13.7. The lowest BCUT2D eigenvalue weighted by Crippen LogP contribution is -2.22. The number of nitrogens with one attached hydrogen (secondary N) is 1. The van der Waals surface area contributed by atoms with E-state index in [2.05, 4.69) is 30.6 Å². The van der Waals surface area contributed by atoms with Gasteiger partial charge in [-0.25, -0.2) is 14.5 Å². The minimum Gasteiger partial charge on any atom is -0.324 e. The van der Waals surface area contributed by atoms with Gasteiger partial charge in [0.15, 0.2) is 11.5 Å². The molecule has 0 saturated heterocycles. The van der Waals surface area contributed by atoms with Gasteiger partial charge in [-0.3, -0.25) is 4.79 Å². The molecule has 0 saturated carbocycles. The topological polar surface area (TPSA) is 127 Å². The largest absolute Gasteiger partial charge is 0.324 e. The minimum absolute atomic E-state index is 0.219. The molecule has 0 fully saturated rings. The summed E-state index contributed by atoms with van der Waals surface area (Å²) in [5.74, 6) is -1.12. The summed E-state index contributed by atoms with van der Waals surface area (Å²) in [7, 11) is 0. The van der Waals surface area contributed by atoms with Crippen molar-refractivity contribution in [2.45, 2.75) is 31.6 Å². The molecule has 0 bridgehead atoms. The average Bonchev–Trinajstić information content (AvgIpc) is 3.44. The summed E-state index contributed by atoms with van der Waals surface area (Å²) in [5.41, 5.74) is 2.04. The highest BCUT2D eigenvalue weighted by Gasteiger charge is 2.43. The molecule has 0 aromatic carbocycles. The van der Waals surface area contributed by atoms with Gasteiger partial charge in [-0.15, -0.1) is 9.90 Å². The van der Waals surface area contributed by atoms with E-state index in [4.69, 9.17) is 0 Å². The first-order valence-electron chi connectivity index (χ1n) is 9.50. The van der Waals surface area contributed by atoms with E-state index in [0.29, 0.717) is 23.3 Å². The summed E-state index contributed by atoms with van der Waals surface area (Å²) in [5, 5.41) is 24.2. The van der Waals surface area contributed by atoms with E-state index in [1.54, 1.807) is 6.20 Å². The van der Waals surface area contributed by atoms with Crippen molar-refractivity contribution in [3.8, 4) is 11.9 Å². The molecule has 0 spiro atoms. The van der Waals surface area contributed by atoms with Gasteiger partial charge >= 0.3 is 0 Å². The fourth-order valence-electron chi connectivity index (χ4n) is 4.12. The molecule has 0 aliphatic heterocycles. The van der Waals surface area contributed by atoms with Crippen molar-refractivity contribution in [3.05, 3.63) is 59.7 Å². The van der Waals surface area contributed by atoms with E-state index in [9.17, 15) is 14.4 Å². The summed E-state index contributed by atoms with van der Waals surface area (Å²) in [6.07, 6.45) is 6.52. The molecule has 1 aliphatic carbocycles. The lowest BCUT2D eigenvalue weighted by atomic mass is 9.88. The Hall–Kier alpha value is -4.20. The molecular formula is C20H16FN9O. The third kappa shape index (κ3) is 3.00. The van der Waals surface area contributed by atoms with E-state index in [0.717, 1.165) is 5.69 Å². The lowest BCUT2D eigenvalue weighted by Gasteiger charge is -2.19. The number of amides is 1. The number of anilines is 1. The van der Waals surface area contributed by atoms with Gasteiger partial charge in [-0.1, -0.05) is 13.8 Å². The lowest BCUT2D eigenvalue weighted by molar-refractivity contribution is -0.117. The summed E-state index contributed by atoms with van der Waals surface area (Å²) in [4.78, 5) is 22.8. The smallest absolute Gasteiger partial charge is 0.235 e. The SMILES string of the molecule is CC1(C)CC(C(=O)Nc2cnc(-n3nccn3)c(C#N)c2)c2cnc3cc(F)nn3c21. The number of nitriles is 1. The number of nitrogens with zero attached hydrogens (tertiary/aromatic N) is 8. The first-order chi connectivity index (χ1) is 14.9. The monoisotopic (exact) mass is 417 g/mol. The molecule has 11 heteroatoms. The minimum atomic E-state index is -0.619. The number of pyridine rings is 1. The molecule has 1 unspecified atom stereocenters. The maximum Gasteiger partial charge on any atom is 0.235 e. The molecule has 10 nitrogen and oxygen atoms in total. The van der Waals surface area contributed by atoms with E-state index >= 15 is 0 Å². The maximum atomic E-state index is 13.7. The third-order valence-corrected chi connectivity index (χ3v) is 5.39. The highest BCUT2D eigenvalue weighted by molar-refractivity contribution is 5.97. The number of hydrogen-bond acceptors (Lipinski definition) is 7. The van der Waals surface area contributed by atoms with Crippen molar-refractivity contribution in [1.82, 2.24) is 34.6 Å². The Bertz CT molecular complexity index is 1370. The second kappa shape index (κ2) is 6.66. The third-order valence-electron chi connectivity index (χ3n) is 5.39. The molecular weight excluding hydrogens is 401 g/mol. The van der Waals surface area contributed by atoms with Crippen LogP contribution in [-0.2, 0) is 10.2 Å². The zero-order valence-electron chi connectivity index (χ0n) is 16.6. The van der Waals surface area contributed by atoms with Crippen molar-refractivity contribution < 1.29 is 9.18 Å². The van der Waals surface area contributed by atoms with Crippen molar-refractivity contribution in [2.24, 2.45) is 0 Å². The van der Waals surface area contributed by atoms with E-state index < -0.39 is 17.3 Å². The predicted molar refractivity (Wildman–Crippen MR) is 106 cm³/mol. The summed E-state index contributed by atoms with van der Waals surface area (Å²) >= 11 is 0. The number of fused-ring (bicyclic) bond motifs is 3. The van der Waals surface area contributed by atoms with Crippen LogP contribution in [0.3, 0.4) is 0 Å². The summed E-state index contributed by atoms with van der Waals surface area (Å²) < 4.78 is 15.2. The second-order valence-corrected chi connectivity index (χ2v) is 7.95. The molecule has 1 N–H and O–H groups in total. The molecule has 4 aromatic rings. The van der Waals surface area contributed by atoms with Gasteiger partial charge in [0.2, 0.25) is 11.9 Å². The quantitative estimate of drug-likeness (QED) is 0.541. The van der Waals surface area contributed by atoms with Crippen LogP contribution in [0, 0.1) is 17.3 Å². The van der Waals surface area contributed by atoms with Crippen LogP contribution < -0.4 is 5.32 Å². The second-order valence-electron chi connectivity index (χ2n) is 7.95. The van der Waals surface area contributed by atoms with Crippen LogP contribution in [-0.4, -0.2) is 40.5 Å². The Balaban J connectivity index is 1.47. The van der Waals surface area contributed by atoms with Gasteiger partial charge in [-0.05, 0) is 12.5 Å². The molecule has 1 aliphatic rings. The van der Waals surface area contributed by atoms with Crippen LogP contribution in [0.5, 0.6) is 0 Å². The molecule has 1 amide bonds. The Kier molecular flexibility index (Phi) is 4.04. The Morgan fingerprint density at radius 3 is 2.77 bits per heavy atom. The Morgan fingerprint density at radius 2 is 2.03 bits per heavy atom. The van der Waals surface area contributed by atoms with Crippen LogP contribution in [0.25, 0.3) is 11.5 Å². The fourth-order valence-corrected chi connectivity index (χ4v) is 4.12. The van der Waals surface area contributed by atoms with Crippen LogP contribution in [0.1, 0.15) is 43.0 Å². The van der Waals surface area contributed by atoms with Gasteiger partial charge < -0.3 is 5.32 Å². The highest BCUT2D eigenvalue weighted by atomic mass is 19.1. The van der Waals surface area contributed by atoms with Gasteiger partial charge in [0.1, 0.15) is 11.6 Å². The first kappa shape index (κ1) is 18.8. The molecule has 4 heterocycles. The molecule has 1 atom stereocenters. The number of halogens is 1. The number of aromatic nitrogens is 7. The van der Waals surface area contributed by atoms with Crippen molar-refractivity contribution in [3.63, 3.8) is 0 Å². The zero-order valence-corrected chi connectivity index (χ0v) is 16.6. The van der Waals surface area contributed by atoms with Crippen molar-refractivity contribution in [2.75, 3.05) is 5.32 Å². The Labute approximate surface area is 175 Å². The zero-order chi connectivity index (χ0) is 21.8. The number of carbonyl (C=O) groups excluding carboxylic acids is 1. The summed E-state index contributed by atoms with van der Waals surface area (Å²) in [6, 6.07) is 4.83. The molecule has 154 valence electrons. The Morgan fingerprint density at radius 1 is 1.26 bits per heavy atom. The van der Waals surface area contributed by atoms with Gasteiger partial charge in [-0.2, -0.15) is 19.8 Å². The highest BCUT2D eigenvalue weighted by Crippen LogP contribution is 2.45. The van der Waals surface area contributed by atoms with E-state index in [1.807, 2.05) is 19.9 Å². The van der Waals surface area contributed by atoms with Crippen LogP contribution >= 0.6 is 0 Å². The van der Waals surface area contributed by atoms with E-state index in [1.165, 1.54) is 40.0 Å². The number of hydrogen-bond donors (Lipinski definition) is 1. The van der Waals surface area contributed by atoms with E-state index in [-0.39, 0.29) is 17.3 Å².